The lowest BCUT2D eigenvalue weighted by atomic mass is 10.1. The number of benzene rings is 1. The molecule has 1 aliphatic rings. The molecule has 0 bridgehead atoms. The van der Waals surface area contributed by atoms with Crippen molar-refractivity contribution >= 4 is 17.6 Å². The number of hydrogen-bond acceptors (Lipinski definition) is 9. The zero-order chi connectivity index (χ0) is 20.8. The predicted molar refractivity (Wildman–Crippen MR) is 97.7 cm³/mol. The molecule has 0 saturated carbocycles. The number of esters is 1. The number of rotatable bonds is 9. The van der Waals surface area contributed by atoms with Gasteiger partial charge in [0.15, 0.2) is 17.8 Å². The van der Waals surface area contributed by atoms with Gasteiger partial charge in [0.2, 0.25) is 0 Å². The van der Waals surface area contributed by atoms with Gasteiger partial charge in [0.25, 0.3) is 5.91 Å². The highest BCUT2D eigenvalue weighted by molar-refractivity contribution is 6.09. The Labute approximate surface area is 162 Å². The van der Waals surface area contributed by atoms with E-state index in [0.717, 1.165) is 0 Å². The summed E-state index contributed by atoms with van der Waals surface area (Å²) in [5.41, 5.74) is 0.677. The molecule has 0 saturated heterocycles. The van der Waals surface area contributed by atoms with Crippen LogP contribution in [0.3, 0.4) is 0 Å². The van der Waals surface area contributed by atoms with E-state index < -0.39 is 18.2 Å². The molecule has 0 spiro atoms. The molecule has 1 aromatic rings. The fraction of sp³-hybridized carbons (Fsp3) is 0.444. The summed E-state index contributed by atoms with van der Waals surface area (Å²) in [6.07, 6.45) is -0.829. The minimum atomic E-state index is -0.829. The first-order chi connectivity index (χ1) is 13.4. The number of ether oxygens (including phenoxy) is 4. The van der Waals surface area contributed by atoms with Gasteiger partial charge in [-0.2, -0.15) is 0 Å². The van der Waals surface area contributed by atoms with Crippen LogP contribution in [0.2, 0.25) is 0 Å². The summed E-state index contributed by atoms with van der Waals surface area (Å²) >= 11 is 0. The van der Waals surface area contributed by atoms with Crippen molar-refractivity contribution in [2.75, 3.05) is 53.5 Å². The number of β-amino-alcohol motifs (C(OH)–C–C–N with tert-alkyl or cyclic N) is 1. The summed E-state index contributed by atoms with van der Waals surface area (Å²) in [7, 11) is 5.42. The Morgan fingerprint density at radius 1 is 1.25 bits per heavy atom. The summed E-state index contributed by atoms with van der Waals surface area (Å²) in [5, 5.41) is 22.2. The highest BCUT2D eigenvalue weighted by Gasteiger charge is 2.36. The van der Waals surface area contributed by atoms with Crippen molar-refractivity contribution in [2.24, 2.45) is 0 Å². The molecule has 0 atom stereocenters. The van der Waals surface area contributed by atoms with E-state index in [1.54, 1.807) is 6.07 Å². The lowest BCUT2D eigenvalue weighted by molar-refractivity contribution is -0.136. The molecule has 10 heteroatoms. The number of hydrogen-bond donors (Lipinski definition) is 3. The van der Waals surface area contributed by atoms with Crippen LogP contribution >= 0.6 is 0 Å². The number of amides is 1. The summed E-state index contributed by atoms with van der Waals surface area (Å²) in [6, 6.07) is 2.94. The van der Waals surface area contributed by atoms with Gasteiger partial charge in [-0.15, -0.1) is 0 Å². The molecular formula is C18H24N2O8. The highest BCUT2D eigenvalue weighted by atomic mass is 16.7. The van der Waals surface area contributed by atoms with Gasteiger partial charge in [0, 0.05) is 26.3 Å². The monoisotopic (exact) mass is 396 g/mol. The molecule has 28 heavy (non-hydrogen) atoms. The fourth-order valence-electron chi connectivity index (χ4n) is 2.94. The van der Waals surface area contributed by atoms with Gasteiger partial charge in [-0.3, -0.25) is 4.79 Å². The summed E-state index contributed by atoms with van der Waals surface area (Å²) in [6.45, 7) is -0.236. The van der Waals surface area contributed by atoms with E-state index >= 15 is 0 Å². The molecule has 154 valence electrons. The van der Waals surface area contributed by atoms with Crippen molar-refractivity contribution in [1.29, 1.82) is 0 Å². The van der Waals surface area contributed by atoms with Crippen LogP contribution in [-0.2, 0) is 23.8 Å². The number of methoxy groups -OCH3 is 4. The Balaban J connectivity index is 2.58. The minimum absolute atomic E-state index is 0.0250. The first-order valence-electron chi connectivity index (χ1n) is 8.37. The first-order valence-corrected chi connectivity index (χ1v) is 8.37. The zero-order valence-corrected chi connectivity index (χ0v) is 16.1. The molecule has 1 heterocycles. The molecule has 0 radical (unpaired) electrons. The van der Waals surface area contributed by atoms with E-state index in [1.807, 2.05) is 0 Å². The van der Waals surface area contributed by atoms with Crippen LogP contribution in [0.1, 0.15) is 11.9 Å². The standard InChI is InChI=1S/C18H24N2O8/c1-25-15-12(22)6-5-10(18(27-3)28-4)13(15)19-14-11(17(24)26-2)9-20(7-8-21)16(14)23/h5-6,18-19,21-22H,7-9H2,1-4H3. The van der Waals surface area contributed by atoms with Gasteiger partial charge in [0.05, 0.1) is 38.6 Å². The second-order valence-electron chi connectivity index (χ2n) is 5.81. The number of phenolic OH excluding ortho intramolecular Hbond substituents is 1. The van der Waals surface area contributed by atoms with Gasteiger partial charge < -0.3 is 39.4 Å². The van der Waals surface area contributed by atoms with E-state index in [2.05, 4.69) is 5.32 Å². The Kier molecular flexibility index (Phi) is 7.21. The molecular weight excluding hydrogens is 372 g/mol. The second-order valence-corrected chi connectivity index (χ2v) is 5.81. The zero-order valence-electron chi connectivity index (χ0n) is 16.1. The molecule has 10 nitrogen and oxygen atoms in total. The number of aliphatic hydroxyl groups is 1. The maximum atomic E-state index is 12.8. The van der Waals surface area contributed by atoms with Crippen molar-refractivity contribution < 1.29 is 38.7 Å². The maximum Gasteiger partial charge on any atom is 0.337 e. The van der Waals surface area contributed by atoms with E-state index in [9.17, 15) is 14.7 Å². The molecule has 1 aliphatic heterocycles. The van der Waals surface area contributed by atoms with Gasteiger partial charge in [-0.1, -0.05) is 0 Å². The lowest BCUT2D eigenvalue weighted by Crippen LogP contribution is -2.31. The van der Waals surface area contributed by atoms with Gasteiger partial charge in [-0.25, -0.2) is 4.79 Å². The number of aliphatic hydroxyl groups excluding tert-OH is 1. The topological polar surface area (TPSA) is 127 Å². The normalized spacial score (nSPS) is 14.1. The van der Waals surface area contributed by atoms with Gasteiger partial charge >= 0.3 is 5.97 Å². The molecule has 3 N–H and O–H groups in total. The third-order valence-corrected chi connectivity index (χ3v) is 4.26. The van der Waals surface area contributed by atoms with Crippen molar-refractivity contribution in [3.63, 3.8) is 0 Å². The minimum Gasteiger partial charge on any atom is -0.504 e. The molecule has 0 unspecified atom stereocenters. The first kappa shape index (κ1) is 21.5. The number of carbonyl (C=O) groups is 2. The maximum absolute atomic E-state index is 12.8. The van der Waals surface area contributed by atoms with Crippen molar-refractivity contribution in [2.45, 2.75) is 6.29 Å². The number of nitrogens with one attached hydrogen (secondary N) is 1. The van der Waals surface area contributed by atoms with Crippen LogP contribution in [-0.4, -0.2) is 75.1 Å². The third kappa shape index (κ3) is 4.03. The number of carbonyl (C=O) groups excluding carboxylic acids is 2. The van der Waals surface area contributed by atoms with Crippen molar-refractivity contribution in [1.82, 2.24) is 4.90 Å². The quantitative estimate of drug-likeness (QED) is 0.401. The SMILES string of the molecule is COC(=O)C1=C(Nc2c(C(OC)OC)ccc(O)c2OC)C(=O)N(CCO)C1. The average Bonchev–Trinajstić information content (AvgIpc) is 3.00. The van der Waals surface area contributed by atoms with E-state index in [1.165, 1.54) is 39.4 Å². The number of aromatic hydroxyl groups is 1. The molecule has 0 fully saturated rings. The molecule has 0 aromatic heterocycles. The van der Waals surface area contributed by atoms with Crippen LogP contribution in [0.4, 0.5) is 5.69 Å². The largest absolute Gasteiger partial charge is 0.504 e. The Morgan fingerprint density at radius 3 is 2.46 bits per heavy atom. The number of phenols is 1. The van der Waals surface area contributed by atoms with Gasteiger partial charge in [0.1, 0.15) is 5.70 Å². The van der Waals surface area contributed by atoms with E-state index in [-0.39, 0.29) is 48.2 Å². The summed E-state index contributed by atoms with van der Waals surface area (Å²) in [4.78, 5) is 26.2. The fourth-order valence-corrected chi connectivity index (χ4v) is 2.94. The molecule has 0 aliphatic carbocycles. The van der Waals surface area contributed by atoms with Crippen molar-refractivity contribution in [3.8, 4) is 11.5 Å². The van der Waals surface area contributed by atoms with Crippen LogP contribution < -0.4 is 10.1 Å². The van der Waals surface area contributed by atoms with Crippen LogP contribution in [0.15, 0.2) is 23.4 Å². The third-order valence-electron chi connectivity index (χ3n) is 4.26. The van der Waals surface area contributed by atoms with Crippen LogP contribution in [0, 0.1) is 0 Å². The van der Waals surface area contributed by atoms with E-state index in [0.29, 0.717) is 5.56 Å². The smallest absolute Gasteiger partial charge is 0.337 e. The lowest BCUT2D eigenvalue weighted by Gasteiger charge is -2.22. The van der Waals surface area contributed by atoms with Crippen LogP contribution in [0.25, 0.3) is 0 Å². The highest BCUT2D eigenvalue weighted by Crippen LogP contribution is 2.42. The van der Waals surface area contributed by atoms with E-state index in [4.69, 9.17) is 24.1 Å². The van der Waals surface area contributed by atoms with Crippen molar-refractivity contribution in [3.05, 3.63) is 29.0 Å². The summed E-state index contributed by atoms with van der Waals surface area (Å²) in [5.74, 6) is -1.33. The van der Waals surface area contributed by atoms with Gasteiger partial charge in [-0.05, 0) is 12.1 Å². The Hall–Kier alpha value is -2.82. The second kappa shape index (κ2) is 9.40. The molecule has 1 amide bonds. The summed E-state index contributed by atoms with van der Waals surface area (Å²) < 4.78 is 20.6. The Bertz CT molecular complexity index is 773. The Morgan fingerprint density at radius 2 is 1.93 bits per heavy atom. The molecule has 2 rings (SSSR count). The predicted octanol–water partition coefficient (Wildman–Crippen LogP) is 0.366. The number of nitrogens with zero attached hydrogens (tertiary/aromatic N) is 1. The number of anilines is 1. The average molecular weight is 396 g/mol. The molecule has 1 aromatic carbocycles. The van der Waals surface area contributed by atoms with Crippen LogP contribution in [0.5, 0.6) is 11.5 Å².